The van der Waals surface area contributed by atoms with Gasteiger partial charge in [0.15, 0.2) is 0 Å². The van der Waals surface area contributed by atoms with E-state index >= 15 is 0 Å². The van der Waals surface area contributed by atoms with Crippen molar-refractivity contribution >= 4 is 17.0 Å². The highest BCUT2D eigenvalue weighted by molar-refractivity contribution is 5.76. The summed E-state index contributed by atoms with van der Waals surface area (Å²) >= 11 is 0. The number of piperidine rings is 1. The highest BCUT2D eigenvalue weighted by Crippen LogP contribution is 2.30. The molecule has 1 fully saturated rings. The number of imidazole rings is 1. The normalized spacial score (nSPS) is 15.4. The second-order valence-electron chi connectivity index (χ2n) is 7.18. The van der Waals surface area contributed by atoms with Crippen LogP contribution in [0.3, 0.4) is 0 Å². The van der Waals surface area contributed by atoms with Gasteiger partial charge >= 0.3 is 0 Å². The number of hydrogen-bond acceptors (Lipinski definition) is 5. The number of aryl methyl sites for hydroxylation is 1. The lowest BCUT2D eigenvalue weighted by Crippen LogP contribution is -2.36. The van der Waals surface area contributed by atoms with Crippen LogP contribution in [0.25, 0.3) is 16.7 Å². The van der Waals surface area contributed by atoms with Gasteiger partial charge in [-0.2, -0.15) is 4.68 Å². The molecule has 3 heterocycles. The third-order valence-corrected chi connectivity index (χ3v) is 5.55. The Balaban J connectivity index is 1.39. The molecule has 0 N–H and O–H groups in total. The molecule has 0 spiro atoms. The number of nitrogens with zero attached hydrogens (tertiary/aromatic N) is 7. The molecule has 2 aromatic carbocycles. The number of anilines is 1. The van der Waals surface area contributed by atoms with Gasteiger partial charge in [-0.3, -0.25) is 0 Å². The van der Waals surface area contributed by atoms with E-state index < -0.39 is 0 Å². The van der Waals surface area contributed by atoms with Crippen LogP contribution in [0.1, 0.15) is 31.6 Å². The number of aromatic nitrogens is 6. The summed E-state index contributed by atoms with van der Waals surface area (Å²) in [6, 6.07) is 19.0. The second kappa shape index (κ2) is 7.07. The lowest BCUT2D eigenvalue weighted by molar-refractivity contribution is 0.391. The Morgan fingerprint density at radius 1 is 0.964 bits per heavy atom. The first-order chi connectivity index (χ1) is 13.8. The van der Waals surface area contributed by atoms with Crippen molar-refractivity contribution in [2.24, 2.45) is 0 Å². The van der Waals surface area contributed by atoms with Crippen LogP contribution in [-0.4, -0.2) is 42.8 Å². The topological polar surface area (TPSA) is 64.7 Å². The minimum atomic E-state index is 0.458. The van der Waals surface area contributed by atoms with Crippen LogP contribution in [0.15, 0.2) is 54.6 Å². The molecule has 7 heteroatoms. The fourth-order valence-corrected chi connectivity index (χ4v) is 4.19. The van der Waals surface area contributed by atoms with Gasteiger partial charge in [-0.05, 0) is 47.5 Å². The number of rotatable bonds is 4. The molecule has 0 unspecified atom stereocenters. The molecule has 0 amide bonds. The van der Waals surface area contributed by atoms with Gasteiger partial charge in [0.1, 0.15) is 5.82 Å². The molecule has 28 heavy (non-hydrogen) atoms. The van der Waals surface area contributed by atoms with E-state index in [1.54, 1.807) is 0 Å². The molecule has 0 bridgehead atoms. The van der Waals surface area contributed by atoms with Crippen LogP contribution in [0.2, 0.25) is 0 Å². The Labute approximate surface area is 163 Å². The third kappa shape index (κ3) is 2.83. The third-order valence-electron chi connectivity index (χ3n) is 5.55. The molecule has 0 radical (unpaired) electrons. The van der Waals surface area contributed by atoms with Crippen molar-refractivity contribution < 1.29 is 0 Å². The van der Waals surface area contributed by atoms with Gasteiger partial charge in [-0.1, -0.05) is 42.4 Å². The number of fused-ring (bicyclic) bond motifs is 1. The summed E-state index contributed by atoms with van der Waals surface area (Å²) < 4.78 is 4.28. The Bertz CT molecular complexity index is 1070. The van der Waals surface area contributed by atoms with E-state index in [1.807, 2.05) is 35.0 Å². The van der Waals surface area contributed by atoms with Crippen LogP contribution in [0, 0.1) is 0 Å². The summed E-state index contributed by atoms with van der Waals surface area (Å²) in [5.74, 6) is 1.99. The van der Waals surface area contributed by atoms with Gasteiger partial charge in [-0.15, -0.1) is 0 Å². The van der Waals surface area contributed by atoms with Gasteiger partial charge in [0.2, 0.25) is 5.95 Å². The fraction of sp³-hybridized carbons (Fsp3) is 0.333. The minimum absolute atomic E-state index is 0.458. The monoisotopic (exact) mass is 373 g/mol. The zero-order chi connectivity index (χ0) is 18.9. The lowest BCUT2D eigenvalue weighted by atomic mass is 10.0. The van der Waals surface area contributed by atoms with E-state index in [2.05, 4.69) is 56.2 Å². The predicted octanol–water partition coefficient (Wildman–Crippen LogP) is 3.42. The zero-order valence-corrected chi connectivity index (χ0v) is 15.9. The Hall–Kier alpha value is -3.22. The SMILES string of the molecule is CCc1nc2ccccc2n1C1CCN(c2nnnn2-c2ccccc2)CC1. The van der Waals surface area contributed by atoms with Crippen LogP contribution >= 0.6 is 0 Å². The molecule has 1 saturated heterocycles. The lowest BCUT2D eigenvalue weighted by Gasteiger charge is -2.33. The molecular weight excluding hydrogens is 350 g/mol. The first-order valence-electron chi connectivity index (χ1n) is 9.89. The largest absolute Gasteiger partial charge is 0.339 e. The van der Waals surface area contributed by atoms with Gasteiger partial charge in [-0.25, -0.2) is 4.98 Å². The molecule has 1 aliphatic rings. The van der Waals surface area contributed by atoms with E-state index in [0.717, 1.165) is 49.5 Å². The summed E-state index contributed by atoms with van der Waals surface area (Å²) in [4.78, 5) is 7.13. The summed E-state index contributed by atoms with van der Waals surface area (Å²) in [6.07, 6.45) is 3.05. The van der Waals surface area contributed by atoms with Crippen molar-refractivity contribution in [1.29, 1.82) is 0 Å². The van der Waals surface area contributed by atoms with Crippen molar-refractivity contribution in [3.05, 3.63) is 60.4 Å². The van der Waals surface area contributed by atoms with Gasteiger partial charge in [0.25, 0.3) is 0 Å². The molecule has 0 aliphatic carbocycles. The van der Waals surface area contributed by atoms with Crippen LogP contribution in [-0.2, 0) is 6.42 Å². The number of hydrogen-bond donors (Lipinski definition) is 0. The Kier molecular flexibility index (Phi) is 4.27. The van der Waals surface area contributed by atoms with E-state index in [-0.39, 0.29) is 0 Å². The minimum Gasteiger partial charge on any atom is -0.339 e. The molecule has 0 atom stereocenters. The van der Waals surface area contributed by atoms with Crippen molar-refractivity contribution in [2.75, 3.05) is 18.0 Å². The highest BCUT2D eigenvalue weighted by Gasteiger charge is 2.26. The number of tetrazole rings is 1. The summed E-state index contributed by atoms with van der Waals surface area (Å²) in [5, 5.41) is 12.4. The molecule has 2 aromatic heterocycles. The van der Waals surface area contributed by atoms with E-state index in [0.29, 0.717) is 6.04 Å². The maximum Gasteiger partial charge on any atom is 0.250 e. The first-order valence-corrected chi connectivity index (χ1v) is 9.89. The van der Waals surface area contributed by atoms with Crippen molar-refractivity contribution in [1.82, 2.24) is 29.8 Å². The van der Waals surface area contributed by atoms with E-state index in [4.69, 9.17) is 4.98 Å². The van der Waals surface area contributed by atoms with Crippen LogP contribution in [0.4, 0.5) is 5.95 Å². The van der Waals surface area contributed by atoms with Gasteiger partial charge in [0.05, 0.1) is 16.7 Å². The predicted molar refractivity (Wildman–Crippen MR) is 109 cm³/mol. The van der Waals surface area contributed by atoms with Crippen molar-refractivity contribution in [3.8, 4) is 5.69 Å². The average molecular weight is 373 g/mol. The first kappa shape index (κ1) is 16.9. The maximum atomic E-state index is 4.84. The maximum absolute atomic E-state index is 4.84. The Morgan fingerprint density at radius 2 is 1.71 bits per heavy atom. The van der Waals surface area contributed by atoms with Crippen molar-refractivity contribution in [2.45, 2.75) is 32.2 Å². The van der Waals surface area contributed by atoms with Crippen molar-refractivity contribution in [3.63, 3.8) is 0 Å². The second-order valence-corrected chi connectivity index (χ2v) is 7.18. The summed E-state index contributed by atoms with van der Waals surface area (Å²) in [5.41, 5.74) is 3.32. The molecule has 5 rings (SSSR count). The molecule has 0 saturated carbocycles. The summed E-state index contributed by atoms with van der Waals surface area (Å²) in [6.45, 7) is 4.03. The summed E-state index contributed by atoms with van der Waals surface area (Å²) in [7, 11) is 0. The van der Waals surface area contributed by atoms with Gasteiger partial charge < -0.3 is 9.47 Å². The quantitative estimate of drug-likeness (QED) is 0.548. The molecule has 7 nitrogen and oxygen atoms in total. The number of para-hydroxylation sites is 3. The van der Waals surface area contributed by atoms with Crippen LogP contribution < -0.4 is 4.90 Å². The van der Waals surface area contributed by atoms with E-state index in [9.17, 15) is 0 Å². The fourth-order valence-electron chi connectivity index (χ4n) is 4.19. The zero-order valence-electron chi connectivity index (χ0n) is 15.9. The molecule has 142 valence electrons. The standard InChI is InChI=1S/C21H23N7/c1-2-20-22-18-10-6-7-11-19(18)27(20)16-12-14-26(15-13-16)21-23-24-25-28(21)17-8-4-3-5-9-17/h3-11,16H,2,12-15H2,1H3. The molecule has 4 aromatic rings. The molecule has 1 aliphatic heterocycles. The smallest absolute Gasteiger partial charge is 0.250 e. The Morgan fingerprint density at radius 3 is 2.50 bits per heavy atom. The van der Waals surface area contributed by atoms with E-state index in [1.165, 1.54) is 11.3 Å². The average Bonchev–Trinajstić information content (AvgIpc) is 3.39. The van der Waals surface area contributed by atoms with Crippen LogP contribution in [0.5, 0.6) is 0 Å². The highest BCUT2D eigenvalue weighted by atomic mass is 15.6. The van der Waals surface area contributed by atoms with Gasteiger partial charge in [0, 0.05) is 25.6 Å². The number of benzene rings is 2. The molecular formula is C21H23N7.